The minimum absolute atomic E-state index is 0.0268. The Labute approximate surface area is 163 Å². The summed E-state index contributed by atoms with van der Waals surface area (Å²) in [6.45, 7) is 0.391. The van der Waals surface area contributed by atoms with Gasteiger partial charge < -0.3 is 11.1 Å². The standard InChI is InChI=1S/C23H21N3O2/c24-23-20(7-4-14-25-23)15-21(27)19-11-8-18(9-12-19)16-26-22(28)13-10-17-5-2-1-3-6-17/h1-14H,15-16H2,(H2,24,25)(H,26,28)/b13-10+. The molecule has 0 atom stereocenters. The molecule has 5 heteroatoms. The number of Topliss-reactive ketones (excluding diaryl/α,β-unsaturated/α-hetero) is 1. The topological polar surface area (TPSA) is 85.1 Å². The van der Waals surface area contributed by atoms with E-state index in [2.05, 4.69) is 10.3 Å². The largest absolute Gasteiger partial charge is 0.383 e. The minimum atomic E-state index is -0.170. The third-order valence-electron chi connectivity index (χ3n) is 4.25. The van der Waals surface area contributed by atoms with Crippen LogP contribution in [-0.2, 0) is 17.8 Å². The summed E-state index contributed by atoms with van der Waals surface area (Å²) in [6.07, 6.45) is 5.08. The predicted octanol–water partition coefficient (Wildman–Crippen LogP) is 3.42. The van der Waals surface area contributed by atoms with Crippen LogP contribution in [0.2, 0.25) is 0 Å². The van der Waals surface area contributed by atoms with Crippen LogP contribution in [0.25, 0.3) is 6.08 Å². The summed E-state index contributed by atoms with van der Waals surface area (Å²) in [5.74, 6) is 0.177. The zero-order valence-electron chi connectivity index (χ0n) is 15.3. The number of carbonyl (C=O) groups is 2. The first-order valence-corrected chi connectivity index (χ1v) is 8.94. The smallest absolute Gasteiger partial charge is 0.244 e. The van der Waals surface area contributed by atoms with Crippen molar-refractivity contribution >= 4 is 23.6 Å². The second-order valence-corrected chi connectivity index (χ2v) is 6.31. The number of hydrogen-bond acceptors (Lipinski definition) is 4. The first-order chi connectivity index (χ1) is 13.6. The average Bonchev–Trinajstić information content (AvgIpc) is 2.73. The number of aromatic nitrogens is 1. The van der Waals surface area contributed by atoms with Gasteiger partial charge in [0.15, 0.2) is 5.78 Å². The van der Waals surface area contributed by atoms with Crippen molar-refractivity contribution in [3.63, 3.8) is 0 Å². The van der Waals surface area contributed by atoms with Gasteiger partial charge in [0, 0.05) is 36.4 Å². The fourth-order valence-corrected chi connectivity index (χ4v) is 2.67. The number of nitrogen functional groups attached to an aromatic ring is 1. The van der Waals surface area contributed by atoms with Crippen molar-refractivity contribution < 1.29 is 9.59 Å². The fourth-order valence-electron chi connectivity index (χ4n) is 2.67. The highest BCUT2D eigenvalue weighted by molar-refractivity contribution is 5.98. The number of nitrogens with zero attached hydrogens (tertiary/aromatic N) is 1. The van der Waals surface area contributed by atoms with E-state index in [1.807, 2.05) is 42.5 Å². The Morgan fingerprint density at radius 1 is 0.964 bits per heavy atom. The van der Waals surface area contributed by atoms with Crippen molar-refractivity contribution in [1.82, 2.24) is 10.3 Å². The molecule has 3 N–H and O–H groups in total. The second-order valence-electron chi connectivity index (χ2n) is 6.31. The van der Waals surface area contributed by atoms with E-state index in [0.29, 0.717) is 23.5 Å². The van der Waals surface area contributed by atoms with E-state index in [1.54, 1.807) is 36.5 Å². The molecule has 0 aliphatic rings. The summed E-state index contributed by atoms with van der Waals surface area (Å²) < 4.78 is 0. The molecule has 0 fully saturated rings. The van der Waals surface area contributed by atoms with Crippen molar-refractivity contribution in [2.45, 2.75) is 13.0 Å². The number of hydrogen-bond donors (Lipinski definition) is 2. The summed E-state index contributed by atoms with van der Waals surface area (Å²) in [5, 5.41) is 2.83. The molecule has 3 rings (SSSR count). The van der Waals surface area contributed by atoms with Crippen LogP contribution in [0.5, 0.6) is 0 Å². The molecular formula is C23H21N3O2. The van der Waals surface area contributed by atoms with Crippen molar-refractivity contribution in [3.8, 4) is 0 Å². The van der Waals surface area contributed by atoms with E-state index >= 15 is 0 Å². The van der Waals surface area contributed by atoms with Crippen molar-refractivity contribution in [2.75, 3.05) is 5.73 Å². The zero-order valence-corrected chi connectivity index (χ0v) is 15.3. The van der Waals surface area contributed by atoms with Crippen LogP contribution in [0.3, 0.4) is 0 Å². The number of ketones is 1. The molecule has 0 saturated carbocycles. The Morgan fingerprint density at radius 3 is 2.43 bits per heavy atom. The molecule has 0 unspecified atom stereocenters. The van der Waals surface area contributed by atoms with Gasteiger partial charge in [-0.15, -0.1) is 0 Å². The Bertz CT molecular complexity index is 980. The van der Waals surface area contributed by atoms with Gasteiger partial charge in [0.2, 0.25) is 5.91 Å². The molecule has 0 aliphatic heterocycles. The molecule has 0 aliphatic carbocycles. The lowest BCUT2D eigenvalue weighted by atomic mass is 10.0. The van der Waals surface area contributed by atoms with Crippen molar-refractivity contribution in [1.29, 1.82) is 0 Å². The highest BCUT2D eigenvalue weighted by Gasteiger charge is 2.09. The molecule has 1 aromatic heterocycles. The molecule has 2 aromatic carbocycles. The molecular weight excluding hydrogens is 350 g/mol. The van der Waals surface area contributed by atoms with Crippen LogP contribution >= 0.6 is 0 Å². The first kappa shape index (κ1) is 19.0. The molecule has 1 heterocycles. The molecule has 0 spiro atoms. The first-order valence-electron chi connectivity index (χ1n) is 8.94. The van der Waals surface area contributed by atoms with E-state index in [1.165, 1.54) is 6.08 Å². The molecule has 140 valence electrons. The summed E-state index contributed by atoms with van der Waals surface area (Å²) in [5.41, 5.74) is 8.99. The van der Waals surface area contributed by atoms with Crippen LogP contribution < -0.4 is 11.1 Å². The zero-order chi connectivity index (χ0) is 19.8. The second kappa shape index (κ2) is 9.28. The van der Waals surface area contributed by atoms with Gasteiger partial charge >= 0.3 is 0 Å². The molecule has 0 radical (unpaired) electrons. The normalized spacial score (nSPS) is 10.7. The average molecular weight is 371 g/mol. The Hall–Kier alpha value is -3.73. The molecule has 28 heavy (non-hydrogen) atoms. The number of amides is 1. The number of carbonyl (C=O) groups excluding carboxylic acids is 2. The van der Waals surface area contributed by atoms with Gasteiger partial charge in [-0.2, -0.15) is 0 Å². The molecule has 0 saturated heterocycles. The summed E-state index contributed by atoms with van der Waals surface area (Å²) >= 11 is 0. The molecule has 5 nitrogen and oxygen atoms in total. The number of benzene rings is 2. The fraction of sp³-hybridized carbons (Fsp3) is 0.0870. The number of anilines is 1. The van der Waals surface area contributed by atoms with Crippen LogP contribution in [0.15, 0.2) is 79.0 Å². The van der Waals surface area contributed by atoms with Crippen LogP contribution in [0.4, 0.5) is 5.82 Å². The maximum Gasteiger partial charge on any atom is 0.244 e. The maximum atomic E-state index is 12.4. The van der Waals surface area contributed by atoms with Gasteiger partial charge in [-0.1, -0.05) is 60.7 Å². The predicted molar refractivity (Wildman–Crippen MR) is 110 cm³/mol. The highest BCUT2D eigenvalue weighted by Crippen LogP contribution is 2.13. The van der Waals surface area contributed by atoms with Crippen molar-refractivity contribution in [2.24, 2.45) is 0 Å². The van der Waals surface area contributed by atoms with Gasteiger partial charge in [0.25, 0.3) is 0 Å². The third-order valence-corrected chi connectivity index (χ3v) is 4.25. The summed E-state index contributed by atoms with van der Waals surface area (Å²) in [7, 11) is 0. The molecule has 0 bridgehead atoms. The SMILES string of the molecule is Nc1ncccc1CC(=O)c1ccc(CNC(=O)/C=C/c2ccccc2)cc1. The van der Waals surface area contributed by atoms with Crippen LogP contribution in [-0.4, -0.2) is 16.7 Å². The van der Waals surface area contributed by atoms with Gasteiger partial charge in [0.1, 0.15) is 5.82 Å². The summed E-state index contributed by atoms with van der Waals surface area (Å²) in [4.78, 5) is 28.3. The van der Waals surface area contributed by atoms with Gasteiger partial charge in [-0.3, -0.25) is 9.59 Å². The van der Waals surface area contributed by atoms with E-state index < -0.39 is 0 Å². The van der Waals surface area contributed by atoms with Crippen LogP contribution in [0, 0.1) is 0 Å². The quantitative estimate of drug-likeness (QED) is 0.492. The molecule has 1 amide bonds. The van der Waals surface area contributed by atoms with Crippen molar-refractivity contribution in [3.05, 3.63) is 101 Å². The Balaban J connectivity index is 1.53. The summed E-state index contributed by atoms with van der Waals surface area (Å²) in [6, 6.07) is 20.4. The lowest BCUT2D eigenvalue weighted by Crippen LogP contribution is -2.20. The van der Waals surface area contributed by atoms with Gasteiger partial charge in [0.05, 0.1) is 0 Å². The van der Waals surface area contributed by atoms with E-state index in [0.717, 1.165) is 11.1 Å². The van der Waals surface area contributed by atoms with E-state index in [9.17, 15) is 9.59 Å². The number of nitrogens with one attached hydrogen (secondary N) is 1. The highest BCUT2D eigenvalue weighted by atomic mass is 16.1. The minimum Gasteiger partial charge on any atom is -0.383 e. The Kier molecular flexibility index (Phi) is 6.31. The monoisotopic (exact) mass is 371 g/mol. The Morgan fingerprint density at radius 2 is 1.71 bits per heavy atom. The number of pyridine rings is 1. The van der Waals surface area contributed by atoms with E-state index in [-0.39, 0.29) is 18.1 Å². The third kappa shape index (κ3) is 5.38. The van der Waals surface area contributed by atoms with Gasteiger partial charge in [-0.05, 0) is 23.3 Å². The lowest BCUT2D eigenvalue weighted by Gasteiger charge is -2.06. The lowest BCUT2D eigenvalue weighted by molar-refractivity contribution is -0.116. The number of rotatable bonds is 7. The van der Waals surface area contributed by atoms with Crippen LogP contribution in [0.1, 0.15) is 27.0 Å². The maximum absolute atomic E-state index is 12.4. The molecule has 3 aromatic rings. The van der Waals surface area contributed by atoms with Gasteiger partial charge in [-0.25, -0.2) is 4.98 Å². The van der Waals surface area contributed by atoms with E-state index in [4.69, 9.17) is 5.73 Å². The number of nitrogens with two attached hydrogens (primary N) is 1.